The van der Waals surface area contributed by atoms with Crippen molar-refractivity contribution in [2.75, 3.05) is 7.05 Å². The SMILES string of the molecule is Cc1nn(Cc2ccccc2Cl)c(C)c1CN(C)C(=O)c1ccc(COc2ccccc2)o1. The van der Waals surface area contributed by atoms with Crippen LogP contribution in [0.3, 0.4) is 0 Å². The number of hydrogen-bond acceptors (Lipinski definition) is 4. The minimum Gasteiger partial charge on any atom is -0.486 e. The number of para-hydroxylation sites is 1. The number of aryl methyl sites for hydroxylation is 1. The lowest BCUT2D eigenvalue weighted by Gasteiger charge is -2.16. The standard InChI is InChI=1S/C26H26ClN3O3/c1-18-23(19(2)30(28-18)15-20-9-7-8-12-24(20)27)16-29(3)26(31)25-14-13-22(33-25)17-32-21-10-5-4-6-11-21/h4-14H,15-17H2,1-3H3. The fourth-order valence-corrected chi connectivity index (χ4v) is 3.84. The molecule has 2 heterocycles. The number of carbonyl (C=O) groups excluding carboxylic acids is 1. The molecule has 4 aromatic rings. The molecule has 33 heavy (non-hydrogen) atoms. The average Bonchev–Trinajstić information content (AvgIpc) is 3.40. The van der Waals surface area contributed by atoms with Crippen molar-refractivity contribution < 1.29 is 13.9 Å². The molecule has 2 aromatic heterocycles. The maximum atomic E-state index is 12.9. The zero-order valence-electron chi connectivity index (χ0n) is 18.9. The molecule has 0 saturated carbocycles. The van der Waals surface area contributed by atoms with E-state index in [1.54, 1.807) is 24.1 Å². The third-order valence-corrected chi connectivity index (χ3v) is 5.92. The molecule has 170 valence electrons. The summed E-state index contributed by atoms with van der Waals surface area (Å²) < 4.78 is 13.4. The second kappa shape index (κ2) is 9.96. The van der Waals surface area contributed by atoms with E-state index in [1.165, 1.54) is 0 Å². The van der Waals surface area contributed by atoms with Crippen molar-refractivity contribution in [1.29, 1.82) is 0 Å². The molecule has 7 heteroatoms. The van der Waals surface area contributed by atoms with Crippen LogP contribution in [-0.2, 0) is 19.7 Å². The molecule has 2 aromatic carbocycles. The molecule has 0 aliphatic rings. The Balaban J connectivity index is 1.41. The first-order valence-electron chi connectivity index (χ1n) is 10.7. The predicted octanol–water partition coefficient (Wildman–Crippen LogP) is 5.65. The van der Waals surface area contributed by atoms with Gasteiger partial charge >= 0.3 is 0 Å². The summed E-state index contributed by atoms with van der Waals surface area (Å²) in [6, 6.07) is 20.7. The Morgan fingerprint density at radius 3 is 2.55 bits per heavy atom. The van der Waals surface area contributed by atoms with Crippen LogP contribution in [-0.4, -0.2) is 27.6 Å². The van der Waals surface area contributed by atoms with Crippen molar-refractivity contribution in [2.45, 2.75) is 33.5 Å². The molecule has 0 saturated heterocycles. The molecule has 0 aliphatic carbocycles. The Bertz CT molecular complexity index is 1250. The molecule has 0 radical (unpaired) electrons. The smallest absolute Gasteiger partial charge is 0.289 e. The number of nitrogens with zero attached hydrogens (tertiary/aromatic N) is 3. The molecule has 6 nitrogen and oxygen atoms in total. The van der Waals surface area contributed by atoms with E-state index >= 15 is 0 Å². The van der Waals surface area contributed by atoms with E-state index in [4.69, 9.17) is 20.8 Å². The van der Waals surface area contributed by atoms with Gasteiger partial charge in [0.2, 0.25) is 0 Å². The number of aromatic nitrogens is 2. The lowest BCUT2D eigenvalue weighted by molar-refractivity contribution is 0.0749. The fraction of sp³-hybridized carbons (Fsp3) is 0.231. The van der Waals surface area contributed by atoms with Crippen LogP contribution in [0.5, 0.6) is 5.75 Å². The number of amides is 1. The lowest BCUT2D eigenvalue weighted by Crippen LogP contribution is -2.26. The summed E-state index contributed by atoms with van der Waals surface area (Å²) in [6.07, 6.45) is 0. The van der Waals surface area contributed by atoms with Gasteiger partial charge in [0.25, 0.3) is 5.91 Å². The Hall–Kier alpha value is -3.51. The van der Waals surface area contributed by atoms with Crippen LogP contribution in [0.1, 0.15) is 38.8 Å². The summed E-state index contributed by atoms with van der Waals surface area (Å²) in [6.45, 7) is 5.22. The molecule has 1 amide bonds. The molecule has 0 N–H and O–H groups in total. The van der Waals surface area contributed by atoms with E-state index in [-0.39, 0.29) is 18.3 Å². The van der Waals surface area contributed by atoms with Crippen LogP contribution in [0, 0.1) is 13.8 Å². The Kier molecular flexibility index (Phi) is 6.84. The predicted molar refractivity (Wildman–Crippen MR) is 128 cm³/mol. The number of hydrogen-bond donors (Lipinski definition) is 0. The van der Waals surface area contributed by atoms with Gasteiger partial charge in [-0.25, -0.2) is 0 Å². The van der Waals surface area contributed by atoms with E-state index in [2.05, 4.69) is 5.10 Å². The van der Waals surface area contributed by atoms with Crippen LogP contribution >= 0.6 is 11.6 Å². The van der Waals surface area contributed by atoms with Gasteiger partial charge in [0, 0.05) is 29.9 Å². The first-order valence-corrected chi connectivity index (χ1v) is 11.1. The van der Waals surface area contributed by atoms with Crippen molar-refractivity contribution in [3.63, 3.8) is 0 Å². The van der Waals surface area contributed by atoms with Crippen LogP contribution in [0.2, 0.25) is 5.02 Å². The van der Waals surface area contributed by atoms with Gasteiger partial charge in [-0.1, -0.05) is 48.0 Å². The summed E-state index contributed by atoms with van der Waals surface area (Å²) in [5, 5.41) is 5.38. The van der Waals surface area contributed by atoms with Crippen LogP contribution in [0.25, 0.3) is 0 Å². The Morgan fingerprint density at radius 2 is 1.79 bits per heavy atom. The molecule has 4 rings (SSSR count). The van der Waals surface area contributed by atoms with Gasteiger partial charge in [0.1, 0.15) is 18.1 Å². The van der Waals surface area contributed by atoms with Gasteiger partial charge in [-0.05, 0) is 49.7 Å². The van der Waals surface area contributed by atoms with Gasteiger partial charge in [-0.15, -0.1) is 0 Å². The highest BCUT2D eigenvalue weighted by Crippen LogP contribution is 2.21. The second-order valence-electron chi connectivity index (χ2n) is 7.93. The lowest BCUT2D eigenvalue weighted by atomic mass is 10.1. The fourth-order valence-electron chi connectivity index (χ4n) is 3.64. The summed E-state index contributed by atoms with van der Waals surface area (Å²) in [4.78, 5) is 14.6. The first-order chi connectivity index (χ1) is 15.9. The number of benzene rings is 2. The Morgan fingerprint density at radius 1 is 1.06 bits per heavy atom. The van der Waals surface area contributed by atoms with Crippen molar-refractivity contribution >= 4 is 17.5 Å². The number of furan rings is 1. The quantitative estimate of drug-likeness (QED) is 0.339. The van der Waals surface area contributed by atoms with Gasteiger partial charge in [0.05, 0.1) is 12.2 Å². The first kappa shape index (κ1) is 22.7. The minimum absolute atomic E-state index is 0.196. The molecule has 0 aliphatic heterocycles. The number of halogens is 1. The summed E-state index contributed by atoms with van der Waals surface area (Å²) in [7, 11) is 1.76. The molecular formula is C26H26ClN3O3. The summed E-state index contributed by atoms with van der Waals surface area (Å²) in [5.74, 6) is 1.43. The number of ether oxygens (including phenoxy) is 1. The van der Waals surface area contributed by atoms with E-state index < -0.39 is 0 Å². The van der Waals surface area contributed by atoms with Crippen molar-refractivity contribution in [3.05, 3.63) is 106 Å². The normalized spacial score (nSPS) is 10.9. The third kappa shape index (κ3) is 5.29. The monoisotopic (exact) mass is 463 g/mol. The highest BCUT2D eigenvalue weighted by atomic mass is 35.5. The molecule has 0 spiro atoms. The zero-order chi connectivity index (χ0) is 23.4. The molecule has 0 atom stereocenters. The number of carbonyl (C=O) groups is 1. The van der Waals surface area contributed by atoms with Crippen LogP contribution in [0.4, 0.5) is 0 Å². The van der Waals surface area contributed by atoms with E-state index in [0.717, 1.165) is 28.3 Å². The van der Waals surface area contributed by atoms with Gasteiger partial charge < -0.3 is 14.1 Å². The highest BCUT2D eigenvalue weighted by Gasteiger charge is 2.20. The van der Waals surface area contributed by atoms with Crippen molar-refractivity contribution in [2.24, 2.45) is 0 Å². The van der Waals surface area contributed by atoms with Crippen LogP contribution < -0.4 is 4.74 Å². The highest BCUT2D eigenvalue weighted by molar-refractivity contribution is 6.31. The Labute approximate surface area is 198 Å². The third-order valence-electron chi connectivity index (χ3n) is 5.55. The van der Waals surface area contributed by atoms with E-state index in [9.17, 15) is 4.79 Å². The average molecular weight is 464 g/mol. The van der Waals surface area contributed by atoms with Crippen molar-refractivity contribution in [1.82, 2.24) is 14.7 Å². The van der Waals surface area contributed by atoms with Crippen LogP contribution in [0.15, 0.2) is 71.1 Å². The molecule has 0 fully saturated rings. The molecule has 0 bridgehead atoms. The van der Waals surface area contributed by atoms with Gasteiger partial charge in [-0.2, -0.15) is 5.10 Å². The molecule has 0 unspecified atom stereocenters. The zero-order valence-corrected chi connectivity index (χ0v) is 19.7. The van der Waals surface area contributed by atoms with E-state index in [0.29, 0.717) is 23.9 Å². The largest absolute Gasteiger partial charge is 0.486 e. The minimum atomic E-state index is -0.196. The topological polar surface area (TPSA) is 60.5 Å². The molecular weight excluding hydrogens is 438 g/mol. The maximum Gasteiger partial charge on any atom is 0.289 e. The summed E-state index contributed by atoms with van der Waals surface area (Å²) in [5.41, 5.74) is 3.90. The summed E-state index contributed by atoms with van der Waals surface area (Å²) >= 11 is 6.31. The van der Waals surface area contributed by atoms with Gasteiger partial charge in [-0.3, -0.25) is 9.48 Å². The second-order valence-corrected chi connectivity index (χ2v) is 8.33. The number of rotatable bonds is 8. The maximum absolute atomic E-state index is 12.9. The van der Waals surface area contributed by atoms with Gasteiger partial charge in [0.15, 0.2) is 5.76 Å². The van der Waals surface area contributed by atoms with Crippen molar-refractivity contribution in [3.8, 4) is 5.75 Å². The van der Waals surface area contributed by atoms with E-state index in [1.807, 2.05) is 73.1 Å².